The predicted molar refractivity (Wildman–Crippen MR) is 97.1 cm³/mol. The van der Waals surface area contributed by atoms with E-state index in [1.54, 1.807) is 11.8 Å². The molecule has 1 fully saturated rings. The summed E-state index contributed by atoms with van der Waals surface area (Å²) in [6.45, 7) is 2.08. The van der Waals surface area contributed by atoms with Gasteiger partial charge in [-0.05, 0) is 42.2 Å². The standard InChI is InChI=1S/C15H22N2S.HI/c1-2-18-15(16)17-14-10-8-13(9-11-14)12-6-4-3-5-7-12;/h8-12H,2-7H2,1H3,(H2,16,17);1H. The van der Waals surface area contributed by atoms with Gasteiger partial charge in [-0.15, -0.1) is 24.0 Å². The fourth-order valence-electron chi connectivity index (χ4n) is 2.56. The summed E-state index contributed by atoms with van der Waals surface area (Å²) in [6, 6.07) is 8.62. The van der Waals surface area contributed by atoms with Crippen LogP contribution in [0.25, 0.3) is 0 Å². The number of aliphatic imine (C=N–C) groups is 1. The summed E-state index contributed by atoms with van der Waals surface area (Å²) >= 11 is 1.59. The first-order chi connectivity index (χ1) is 8.79. The van der Waals surface area contributed by atoms with Gasteiger partial charge in [0.15, 0.2) is 5.17 Å². The van der Waals surface area contributed by atoms with Gasteiger partial charge in [0.05, 0.1) is 5.69 Å². The maximum atomic E-state index is 5.81. The minimum Gasteiger partial charge on any atom is -0.378 e. The van der Waals surface area contributed by atoms with Gasteiger partial charge in [0.1, 0.15) is 0 Å². The van der Waals surface area contributed by atoms with Gasteiger partial charge >= 0.3 is 0 Å². The van der Waals surface area contributed by atoms with Crippen molar-refractivity contribution in [3.8, 4) is 0 Å². The van der Waals surface area contributed by atoms with Crippen LogP contribution < -0.4 is 5.73 Å². The van der Waals surface area contributed by atoms with Gasteiger partial charge in [-0.3, -0.25) is 0 Å². The molecule has 0 unspecified atom stereocenters. The lowest BCUT2D eigenvalue weighted by Crippen LogP contribution is -2.06. The Morgan fingerprint density at radius 1 is 1.21 bits per heavy atom. The number of hydrogen-bond acceptors (Lipinski definition) is 2. The van der Waals surface area contributed by atoms with Gasteiger partial charge in [-0.1, -0.05) is 50.1 Å². The first-order valence-corrected chi connectivity index (χ1v) is 7.85. The van der Waals surface area contributed by atoms with Gasteiger partial charge < -0.3 is 5.73 Å². The topological polar surface area (TPSA) is 38.4 Å². The molecule has 0 aliphatic heterocycles. The Balaban J connectivity index is 0.00000180. The molecule has 1 aliphatic rings. The van der Waals surface area contributed by atoms with E-state index in [4.69, 9.17) is 5.73 Å². The lowest BCUT2D eigenvalue weighted by molar-refractivity contribution is 0.443. The van der Waals surface area contributed by atoms with E-state index in [-0.39, 0.29) is 24.0 Å². The molecule has 2 nitrogen and oxygen atoms in total. The first kappa shape index (κ1) is 16.8. The number of benzene rings is 1. The molecule has 2 rings (SSSR count). The van der Waals surface area contributed by atoms with Crippen molar-refractivity contribution >= 4 is 46.6 Å². The fraction of sp³-hybridized carbons (Fsp3) is 0.533. The Hall–Kier alpha value is -0.230. The second-order valence-corrected chi connectivity index (χ2v) is 6.09. The number of nitrogens with two attached hydrogens (primary N) is 1. The second kappa shape index (κ2) is 8.84. The predicted octanol–water partition coefficient (Wildman–Crippen LogP) is 5.05. The van der Waals surface area contributed by atoms with Gasteiger partial charge in [0.25, 0.3) is 0 Å². The average Bonchev–Trinajstić information content (AvgIpc) is 2.41. The molecule has 1 aromatic carbocycles. The van der Waals surface area contributed by atoms with E-state index < -0.39 is 0 Å². The molecular formula is C15H23IN2S. The summed E-state index contributed by atoms with van der Waals surface area (Å²) < 4.78 is 0. The van der Waals surface area contributed by atoms with Gasteiger partial charge in [-0.2, -0.15) is 0 Å². The van der Waals surface area contributed by atoms with Crippen LogP contribution in [0.15, 0.2) is 29.3 Å². The molecular weight excluding hydrogens is 367 g/mol. The monoisotopic (exact) mass is 390 g/mol. The van der Waals surface area contributed by atoms with Crippen LogP contribution >= 0.6 is 35.7 Å². The van der Waals surface area contributed by atoms with Crippen molar-refractivity contribution in [2.45, 2.75) is 44.9 Å². The molecule has 1 aromatic rings. The van der Waals surface area contributed by atoms with E-state index >= 15 is 0 Å². The number of halogens is 1. The van der Waals surface area contributed by atoms with Crippen molar-refractivity contribution in [1.82, 2.24) is 0 Å². The molecule has 0 saturated heterocycles. The molecule has 106 valence electrons. The zero-order valence-corrected chi connectivity index (χ0v) is 14.6. The van der Waals surface area contributed by atoms with Crippen molar-refractivity contribution in [3.63, 3.8) is 0 Å². The van der Waals surface area contributed by atoms with Crippen molar-refractivity contribution in [1.29, 1.82) is 0 Å². The second-order valence-electron chi connectivity index (χ2n) is 4.81. The average molecular weight is 390 g/mol. The third kappa shape index (κ3) is 5.34. The van der Waals surface area contributed by atoms with E-state index in [0.29, 0.717) is 5.17 Å². The molecule has 0 radical (unpaired) electrons. The molecule has 1 saturated carbocycles. The number of nitrogens with zero attached hydrogens (tertiary/aromatic N) is 1. The van der Waals surface area contributed by atoms with Crippen LogP contribution in [0.1, 0.15) is 50.5 Å². The van der Waals surface area contributed by atoms with Crippen LogP contribution in [0, 0.1) is 0 Å². The summed E-state index contributed by atoms with van der Waals surface area (Å²) in [5.74, 6) is 1.73. The van der Waals surface area contributed by atoms with Crippen molar-refractivity contribution in [2.75, 3.05) is 5.75 Å². The highest BCUT2D eigenvalue weighted by Gasteiger charge is 2.14. The molecule has 0 aromatic heterocycles. The van der Waals surface area contributed by atoms with Crippen LogP contribution in [0.4, 0.5) is 5.69 Å². The zero-order chi connectivity index (χ0) is 12.8. The molecule has 19 heavy (non-hydrogen) atoms. The third-order valence-electron chi connectivity index (χ3n) is 3.50. The summed E-state index contributed by atoms with van der Waals surface area (Å²) in [5, 5.41) is 0.655. The van der Waals surface area contributed by atoms with E-state index in [1.165, 1.54) is 37.7 Å². The normalized spacial score (nSPS) is 17.0. The Kier molecular flexibility index (Phi) is 7.83. The van der Waals surface area contributed by atoms with E-state index in [9.17, 15) is 0 Å². The number of thioether (sulfide) groups is 1. The van der Waals surface area contributed by atoms with E-state index in [1.807, 2.05) is 0 Å². The fourth-order valence-corrected chi connectivity index (χ4v) is 3.03. The summed E-state index contributed by atoms with van der Waals surface area (Å²) in [5.41, 5.74) is 8.24. The summed E-state index contributed by atoms with van der Waals surface area (Å²) in [7, 11) is 0. The minimum absolute atomic E-state index is 0. The first-order valence-electron chi connectivity index (χ1n) is 6.86. The third-order valence-corrected chi connectivity index (χ3v) is 4.18. The highest BCUT2D eigenvalue weighted by molar-refractivity contribution is 14.0. The summed E-state index contributed by atoms with van der Waals surface area (Å²) in [4.78, 5) is 4.39. The number of hydrogen-bond donors (Lipinski definition) is 1. The largest absolute Gasteiger partial charge is 0.378 e. The molecule has 0 atom stereocenters. The minimum atomic E-state index is 0. The Bertz CT molecular complexity index is 397. The summed E-state index contributed by atoms with van der Waals surface area (Å²) in [6.07, 6.45) is 6.85. The Morgan fingerprint density at radius 2 is 1.84 bits per heavy atom. The molecule has 4 heteroatoms. The lowest BCUT2D eigenvalue weighted by Gasteiger charge is -2.21. The Morgan fingerprint density at radius 3 is 2.42 bits per heavy atom. The number of amidine groups is 1. The van der Waals surface area contributed by atoms with Gasteiger partial charge in [0, 0.05) is 0 Å². The molecule has 2 N–H and O–H groups in total. The van der Waals surface area contributed by atoms with Crippen molar-refractivity contribution in [3.05, 3.63) is 29.8 Å². The van der Waals surface area contributed by atoms with Crippen LogP contribution in [0.5, 0.6) is 0 Å². The molecule has 1 aliphatic carbocycles. The highest BCUT2D eigenvalue weighted by Crippen LogP contribution is 2.33. The van der Waals surface area contributed by atoms with Crippen LogP contribution in [0.2, 0.25) is 0 Å². The van der Waals surface area contributed by atoms with Crippen LogP contribution in [0.3, 0.4) is 0 Å². The van der Waals surface area contributed by atoms with Gasteiger partial charge in [-0.25, -0.2) is 4.99 Å². The van der Waals surface area contributed by atoms with Crippen LogP contribution in [-0.4, -0.2) is 10.9 Å². The molecule has 0 amide bonds. The zero-order valence-electron chi connectivity index (χ0n) is 11.5. The Labute approximate surface area is 137 Å². The molecule has 0 bridgehead atoms. The quantitative estimate of drug-likeness (QED) is 0.446. The molecule has 0 heterocycles. The van der Waals surface area contributed by atoms with Crippen LogP contribution in [-0.2, 0) is 0 Å². The van der Waals surface area contributed by atoms with E-state index in [0.717, 1.165) is 17.4 Å². The maximum Gasteiger partial charge on any atom is 0.159 e. The SMILES string of the molecule is CCSC(N)=Nc1ccc(C2CCCCC2)cc1.I. The highest BCUT2D eigenvalue weighted by atomic mass is 127. The maximum absolute atomic E-state index is 5.81. The molecule has 0 spiro atoms. The van der Waals surface area contributed by atoms with E-state index in [2.05, 4.69) is 36.2 Å². The van der Waals surface area contributed by atoms with Crippen molar-refractivity contribution < 1.29 is 0 Å². The smallest absolute Gasteiger partial charge is 0.159 e. The van der Waals surface area contributed by atoms with Crippen molar-refractivity contribution in [2.24, 2.45) is 10.7 Å². The number of rotatable bonds is 3. The lowest BCUT2D eigenvalue weighted by atomic mass is 9.84. The van der Waals surface area contributed by atoms with Gasteiger partial charge in [0.2, 0.25) is 0 Å².